The standard InChI is InChI=1S/C14H8O2.C3H4O4/c15-13-9-5-1-2-6-10(9)14(16)12-8-4-3-7-11(12)13;4-2(5)1-3(6)7/h1-8H;1H2,(H,4,5)(H,6,7). The van der Waals surface area contributed by atoms with E-state index in [0.29, 0.717) is 22.3 Å². The highest BCUT2D eigenvalue weighted by molar-refractivity contribution is 6.28. The number of fused-ring (bicyclic) bond motifs is 2. The minimum Gasteiger partial charge on any atom is -0.481 e. The molecular weight excluding hydrogens is 300 g/mol. The summed E-state index contributed by atoms with van der Waals surface area (Å²) < 4.78 is 0. The Morgan fingerprint density at radius 1 is 0.652 bits per heavy atom. The van der Waals surface area contributed by atoms with Gasteiger partial charge >= 0.3 is 11.9 Å². The molecule has 0 amide bonds. The SMILES string of the molecule is O=C(O)CC(=O)O.O=C1c2ccccc2C(=O)c2ccccc21. The Morgan fingerprint density at radius 2 is 0.913 bits per heavy atom. The van der Waals surface area contributed by atoms with Crippen LogP contribution in [0.4, 0.5) is 0 Å². The molecule has 0 fully saturated rings. The average molecular weight is 312 g/mol. The molecule has 0 atom stereocenters. The van der Waals surface area contributed by atoms with Gasteiger partial charge in [0.15, 0.2) is 11.6 Å². The van der Waals surface area contributed by atoms with Crippen LogP contribution in [0.25, 0.3) is 0 Å². The predicted molar refractivity (Wildman–Crippen MR) is 79.6 cm³/mol. The van der Waals surface area contributed by atoms with E-state index in [1.807, 2.05) is 0 Å². The smallest absolute Gasteiger partial charge is 0.314 e. The molecule has 23 heavy (non-hydrogen) atoms. The topological polar surface area (TPSA) is 109 Å². The number of ketones is 2. The fourth-order valence-electron chi connectivity index (χ4n) is 2.18. The third kappa shape index (κ3) is 3.49. The Kier molecular flexibility index (Phi) is 4.66. The first-order chi connectivity index (χ1) is 10.9. The maximum Gasteiger partial charge on any atom is 0.314 e. The third-order valence-electron chi connectivity index (χ3n) is 3.14. The van der Waals surface area contributed by atoms with Crippen molar-refractivity contribution in [2.24, 2.45) is 0 Å². The third-order valence-corrected chi connectivity index (χ3v) is 3.14. The summed E-state index contributed by atoms with van der Waals surface area (Å²) in [4.78, 5) is 43.1. The van der Waals surface area contributed by atoms with Gasteiger partial charge in [-0.15, -0.1) is 0 Å². The highest BCUT2D eigenvalue weighted by Crippen LogP contribution is 2.26. The van der Waals surface area contributed by atoms with Gasteiger partial charge in [-0.05, 0) is 0 Å². The van der Waals surface area contributed by atoms with E-state index in [2.05, 4.69) is 0 Å². The largest absolute Gasteiger partial charge is 0.481 e. The van der Waals surface area contributed by atoms with Crippen molar-refractivity contribution in [1.82, 2.24) is 0 Å². The molecule has 2 aromatic rings. The van der Waals surface area contributed by atoms with Gasteiger partial charge < -0.3 is 10.2 Å². The second kappa shape index (κ2) is 6.65. The molecule has 1 aliphatic rings. The van der Waals surface area contributed by atoms with E-state index in [9.17, 15) is 19.2 Å². The van der Waals surface area contributed by atoms with Gasteiger partial charge in [0.2, 0.25) is 0 Å². The van der Waals surface area contributed by atoms with Crippen LogP contribution in [-0.4, -0.2) is 33.7 Å². The summed E-state index contributed by atoms with van der Waals surface area (Å²) in [7, 11) is 0. The maximum absolute atomic E-state index is 12.1. The predicted octanol–water partition coefficient (Wildman–Crippen LogP) is 2.01. The number of carbonyl (C=O) groups excluding carboxylic acids is 2. The lowest BCUT2D eigenvalue weighted by Gasteiger charge is -2.16. The zero-order valence-corrected chi connectivity index (χ0v) is 11.9. The summed E-state index contributed by atoms with van der Waals surface area (Å²) in [5.41, 5.74) is 2.02. The molecule has 0 spiro atoms. The fourth-order valence-corrected chi connectivity index (χ4v) is 2.18. The number of carbonyl (C=O) groups is 4. The molecular formula is C17H12O6. The first kappa shape index (κ1) is 16.1. The van der Waals surface area contributed by atoms with Crippen molar-refractivity contribution in [3.05, 3.63) is 70.8 Å². The highest BCUT2D eigenvalue weighted by atomic mass is 16.4. The summed E-state index contributed by atoms with van der Waals surface area (Å²) in [5, 5.41) is 15.4. The van der Waals surface area contributed by atoms with Gasteiger partial charge in [-0.25, -0.2) is 0 Å². The molecule has 0 radical (unpaired) electrons. The van der Waals surface area contributed by atoms with Crippen molar-refractivity contribution in [2.75, 3.05) is 0 Å². The Morgan fingerprint density at radius 3 is 1.09 bits per heavy atom. The molecule has 0 unspecified atom stereocenters. The first-order valence-electron chi connectivity index (χ1n) is 6.63. The second-order valence-electron chi connectivity index (χ2n) is 4.71. The van der Waals surface area contributed by atoms with E-state index in [0.717, 1.165) is 0 Å². The lowest BCUT2D eigenvalue weighted by Crippen LogP contribution is -2.20. The molecule has 0 bridgehead atoms. The number of rotatable bonds is 2. The second-order valence-corrected chi connectivity index (χ2v) is 4.71. The van der Waals surface area contributed by atoms with E-state index < -0.39 is 18.4 Å². The number of hydrogen-bond acceptors (Lipinski definition) is 4. The molecule has 116 valence electrons. The van der Waals surface area contributed by atoms with Gasteiger partial charge in [0.1, 0.15) is 6.42 Å². The Bertz CT molecular complexity index is 689. The Labute approximate surface area is 131 Å². The van der Waals surface area contributed by atoms with E-state index in [-0.39, 0.29) is 11.6 Å². The van der Waals surface area contributed by atoms with Crippen LogP contribution in [-0.2, 0) is 9.59 Å². The Hall–Kier alpha value is -3.28. The van der Waals surface area contributed by atoms with Gasteiger partial charge in [-0.1, -0.05) is 48.5 Å². The lowest BCUT2D eigenvalue weighted by molar-refractivity contribution is -0.147. The van der Waals surface area contributed by atoms with E-state index >= 15 is 0 Å². The molecule has 6 nitrogen and oxygen atoms in total. The summed E-state index contributed by atoms with van der Waals surface area (Å²) in [5.74, 6) is -2.75. The number of benzene rings is 2. The van der Waals surface area contributed by atoms with Crippen molar-refractivity contribution in [2.45, 2.75) is 6.42 Å². The van der Waals surface area contributed by atoms with E-state index in [1.165, 1.54) is 0 Å². The molecule has 0 aliphatic heterocycles. The van der Waals surface area contributed by atoms with Gasteiger partial charge in [0.25, 0.3) is 0 Å². The summed E-state index contributed by atoms with van der Waals surface area (Å²) >= 11 is 0. The summed E-state index contributed by atoms with van der Waals surface area (Å²) in [6, 6.07) is 13.9. The van der Waals surface area contributed by atoms with Crippen molar-refractivity contribution in [3.63, 3.8) is 0 Å². The minimum absolute atomic E-state index is 0.0641. The van der Waals surface area contributed by atoms with Crippen LogP contribution in [0.5, 0.6) is 0 Å². The number of hydrogen-bond donors (Lipinski definition) is 2. The number of carboxylic acids is 2. The molecule has 0 saturated heterocycles. The average Bonchev–Trinajstić information content (AvgIpc) is 2.52. The van der Waals surface area contributed by atoms with Crippen molar-refractivity contribution in [3.8, 4) is 0 Å². The van der Waals surface area contributed by atoms with Crippen molar-refractivity contribution >= 4 is 23.5 Å². The van der Waals surface area contributed by atoms with Crippen LogP contribution in [0.3, 0.4) is 0 Å². The van der Waals surface area contributed by atoms with Gasteiger partial charge in [0.05, 0.1) is 0 Å². The molecule has 0 heterocycles. The fraction of sp³-hybridized carbons (Fsp3) is 0.0588. The van der Waals surface area contributed by atoms with Crippen LogP contribution >= 0.6 is 0 Å². The summed E-state index contributed by atoms with van der Waals surface area (Å²) in [6.45, 7) is 0. The minimum atomic E-state index is -1.31. The number of carboxylic acid groups (broad SMARTS) is 2. The molecule has 6 heteroatoms. The van der Waals surface area contributed by atoms with E-state index in [4.69, 9.17) is 10.2 Å². The summed E-state index contributed by atoms with van der Waals surface area (Å²) in [6.07, 6.45) is -0.806. The Balaban J connectivity index is 0.000000236. The van der Waals surface area contributed by atoms with Crippen molar-refractivity contribution < 1.29 is 29.4 Å². The van der Waals surface area contributed by atoms with Crippen LogP contribution in [0.1, 0.15) is 38.3 Å². The molecule has 2 N–H and O–H groups in total. The molecule has 3 rings (SSSR count). The first-order valence-corrected chi connectivity index (χ1v) is 6.63. The zero-order chi connectivity index (χ0) is 17.0. The highest BCUT2D eigenvalue weighted by Gasteiger charge is 2.28. The van der Waals surface area contributed by atoms with Crippen LogP contribution < -0.4 is 0 Å². The zero-order valence-electron chi connectivity index (χ0n) is 11.9. The monoisotopic (exact) mass is 312 g/mol. The van der Waals surface area contributed by atoms with E-state index in [1.54, 1.807) is 48.5 Å². The van der Waals surface area contributed by atoms with Crippen LogP contribution in [0.2, 0.25) is 0 Å². The quantitative estimate of drug-likeness (QED) is 0.701. The lowest BCUT2D eigenvalue weighted by atomic mass is 9.84. The molecule has 2 aromatic carbocycles. The van der Waals surface area contributed by atoms with Crippen LogP contribution in [0.15, 0.2) is 48.5 Å². The van der Waals surface area contributed by atoms with Gasteiger partial charge in [0, 0.05) is 22.3 Å². The van der Waals surface area contributed by atoms with Crippen LogP contribution in [0, 0.1) is 0 Å². The molecule has 1 aliphatic carbocycles. The number of aliphatic carboxylic acids is 2. The van der Waals surface area contributed by atoms with Crippen molar-refractivity contribution in [1.29, 1.82) is 0 Å². The normalized spacial score (nSPS) is 11.7. The van der Waals surface area contributed by atoms with Gasteiger partial charge in [-0.3, -0.25) is 19.2 Å². The molecule has 0 saturated carbocycles. The molecule has 0 aromatic heterocycles. The van der Waals surface area contributed by atoms with Gasteiger partial charge in [-0.2, -0.15) is 0 Å². The maximum atomic E-state index is 12.1.